The molecule has 0 radical (unpaired) electrons. The number of thiophene rings is 1. The molecule has 1 N–H and O–H groups in total. The number of hydrogen-bond acceptors (Lipinski definition) is 3. The smallest absolute Gasteiger partial charge is 0.0948 e. The molecule has 0 saturated carbocycles. The maximum atomic E-state index is 4.26. The molecule has 0 saturated heterocycles. The molecule has 2 heterocycles. The molecular formula is C13H19N3S. The molecule has 0 unspecified atom stereocenters. The highest BCUT2D eigenvalue weighted by Gasteiger charge is 2.21. The third-order valence-electron chi connectivity index (χ3n) is 3.16. The van der Waals surface area contributed by atoms with Crippen LogP contribution in [0.25, 0.3) is 0 Å². The lowest BCUT2D eigenvalue weighted by Gasteiger charge is -2.25. The van der Waals surface area contributed by atoms with Crippen LogP contribution < -0.4 is 5.32 Å². The van der Waals surface area contributed by atoms with E-state index in [2.05, 4.69) is 46.2 Å². The predicted molar refractivity (Wildman–Crippen MR) is 72.3 cm³/mol. The highest BCUT2D eigenvalue weighted by molar-refractivity contribution is 7.09. The summed E-state index contributed by atoms with van der Waals surface area (Å²) in [5.74, 6) is 0. The highest BCUT2D eigenvalue weighted by Crippen LogP contribution is 2.19. The Morgan fingerprint density at radius 2 is 2.29 bits per heavy atom. The van der Waals surface area contributed by atoms with E-state index in [4.69, 9.17) is 0 Å². The van der Waals surface area contributed by atoms with Gasteiger partial charge in [-0.1, -0.05) is 6.07 Å². The zero-order valence-corrected chi connectivity index (χ0v) is 11.4. The molecule has 17 heavy (non-hydrogen) atoms. The van der Waals surface area contributed by atoms with Crippen molar-refractivity contribution in [2.45, 2.75) is 32.4 Å². The SMILES string of the molecule is CNC(C)(C)c1cncn1CCc1cccs1. The van der Waals surface area contributed by atoms with E-state index in [-0.39, 0.29) is 5.54 Å². The molecule has 4 heteroatoms. The van der Waals surface area contributed by atoms with Gasteiger partial charge in [-0.05, 0) is 38.8 Å². The van der Waals surface area contributed by atoms with Gasteiger partial charge in [0.2, 0.25) is 0 Å². The Hall–Kier alpha value is -1.13. The van der Waals surface area contributed by atoms with Gasteiger partial charge in [0.1, 0.15) is 0 Å². The second-order valence-corrected chi connectivity index (χ2v) is 5.71. The molecule has 0 fully saturated rings. The minimum atomic E-state index is -0.0358. The van der Waals surface area contributed by atoms with Crippen LogP contribution in [0.15, 0.2) is 30.0 Å². The van der Waals surface area contributed by atoms with Crippen molar-refractivity contribution in [3.8, 4) is 0 Å². The number of nitrogens with one attached hydrogen (secondary N) is 1. The number of aromatic nitrogens is 2. The normalized spacial score (nSPS) is 11.9. The molecule has 0 spiro atoms. The van der Waals surface area contributed by atoms with Crippen LogP contribution in [0.3, 0.4) is 0 Å². The van der Waals surface area contributed by atoms with Gasteiger partial charge in [-0.3, -0.25) is 0 Å². The third kappa shape index (κ3) is 2.76. The summed E-state index contributed by atoms with van der Waals surface area (Å²) in [5.41, 5.74) is 1.20. The van der Waals surface area contributed by atoms with Gasteiger partial charge in [0.25, 0.3) is 0 Å². The Morgan fingerprint density at radius 3 is 2.94 bits per heavy atom. The first-order chi connectivity index (χ1) is 8.13. The number of hydrogen-bond donors (Lipinski definition) is 1. The minimum Gasteiger partial charge on any atom is -0.333 e. The van der Waals surface area contributed by atoms with Crippen molar-refractivity contribution in [1.29, 1.82) is 0 Å². The van der Waals surface area contributed by atoms with Crippen molar-refractivity contribution in [3.05, 3.63) is 40.6 Å². The second-order valence-electron chi connectivity index (χ2n) is 4.68. The van der Waals surface area contributed by atoms with Crippen molar-refractivity contribution in [2.75, 3.05) is 7.05 Å². The molecule has 0 atom stereocenters. The zero-order valence-electron chi connectivity index (χ0n) is 10.6. The third-order valence-corrected chi connectivity index (χ3v) is 4.09. The molecule has 2 rings (SSSR count). The van der Waals surface area contributed by atoms with Gasteiger partial charge in [0.15, 0.2) is 0 Å². The van der Waals surface area contributed by atoms with Crippen LogP contribution in [-0.2, 0) is 18.5 Å². The molecule has 2 aromatic heterocycles. The van der Waals surface area contributed by atoms with Crippen LogP contribution in [0, 0.1) is 0 Å². The predicted octanol–water partition coefficient (Wildman–Crippen LogP) is 2.64. The molecule has 0 amide bonds. The van der Waals surface area contributed by atoms with Gasteiger partial charge in [-0.15, -0.1) is 11.3 Å². The van der Waals surface area contributed by atoms with E-state index in [1.54, 1.807) is 0 Å². The molecule has 0 bridgehead atoms. The summed E-state index contributed by atoms with van der Waals surface area (Å²) >= 11 is 1.81. The van der Waals surface area contributed by atoms with E-state index in [0.717, 1.165) is 13.0 Å². The fourth-order valence-corrected chi connectivity index (χ4v) is 2.53. The molecule has 0 aliphatic carbocycles. The summed E-state index contributed by atoms with van der Waals surface area (Å²) in [4.78, 5) is 5.69. The first-order valence-corrected chi connectivity index (χ1v) is 6.73. The van der Waals surface area contributed by atoms with Gasteiger partial charge >= 0.3 is 0 Å². The Bertz CT molecular complexity index is 457. The van der Waals surface area contributed by atoms with Gasteiger partial charge < -0.3 is 9.88 Å². The van der Waals surface area contributed by atoms with Crippen LogP contribution in [0.1, 0.15) is 24.4 Å². The molecule has 2 aromatic rings. The van der Waals surface area contributed by atoms with Gasteiger partial charge in [0.05, 0.1) is 17.6 Å². The quantitative estimate of drug-likeness (QED) is 0.883. The van der Waals surface area contributed by atoms with Crippen LogP contribution in [-0.4, -0.2) is 16.6 Å². The molecule has 0 aromatic carbocycles. The maximum Gasteiger partial charge on any atom is 0.0948 e. The summed E-state index contributed by atoms with van der Waals surface area (Å²) in [7, 11) is 1.98. The number of imidazole rings is 1. The van der Waals surface area contributed by atoms with E-state index < -0.39 is 0 Å². The van der Waals surface area contributed by atoms with Crippen LogP contribution in [0.5, 0.6) is 0 Å². The average Bonchev–Trinajstić information content (AvgIpc) is 2.97. The molecule has 0 aliphatic heterocycles. The fraction of sp³-hybridized carbons (Fsp3) is 0.462. The van der Waals surface area contributed by atoms with Crippen molar-refractivity contribution >= 4 is 11.3 Å². The van der Waals surface area contributed by atoms with Crippen molar-refractivity contribution in [2.24, 2.45) is 0 Å². The number of rotatable bonds is 5. The summed E-state index contributed by atoms with van der Waals surface area (Å²) in [6.07, 6.45) is 4.94. The minimum absolute atomic E-state index is 0.0358. The van der Waals surface area contributed by atoms with Gasteiger partial charge in [0, 0.05) is 17.6 Å². The van der Waals surface area contributed by atoms with E-state index >= 15 is 0 Å². The summed E-state index contributed by atoms with van der Waals surface area (Å²) in [5, 5.41) is 5.45. The highest BCUT2D eigenvalue weighted by atomic mass is 32.1. The Kier molecular flexibility index (Phi) is 3.64. The standard InChI is InChI=1S/C13H19N3S/c1-13(2,14-3)12-9-15-10-16(12)7-6-11-5-4-8-17-11/h4-5,8-10,14H,6-7H2,1-3H3. The first-order valence-electron chi connectivity index (χ1n) is 5.85. The lowest BCUT2D eigenvalue weighted by atomic mass is 10.0. The Balaban J connectivity index is 2.09. The maximum absolute atomic E-state index is 4.26. The van der Waals surface area contributed by atoms with Crippen molar-refractivity contribution in [3.63, 3.8) is 0 Å². The van der Waals surface area contributed by atoms with Gasteiger partial charge in [-0.2, -0.15) is 0 Å². The molecule has 92 valence electrons. The van der Waals surface area contributed by atoms with E-state index in [1.165, 1.54) is 10.6 Å². The number of aryl methyl sites for hydroxylation is 2. The van der Waals surface area contributed by atoms with E-state index in [1.807, 2.05) is 30.9 Å². The van der Waals surface area contributed by atoms with Crippen molar-refractivity contribution in [1.82, 2.24) is 14.9 Å². The molecular weight excluding hydrogens is 230 g/mol. The fourth-order valence-electron chi connectivity index (χ4n) is 1.83. The van der Waals surface area contributed by atoms with Crippen molar-refractivity contribution < 1.29 is 0 Å². The van der Waals surface area contributed by atoms with Crippen LogP contribution in [0.4, 0.5) is 0 Å². The monoisotopic (exact) mass is 249 g/mol. The molecule has 3 nitrogen and oxygen atoms in total. The second kappa shape index (κ2) is 5.02. The average molecular weight is 249 g/mol. The zero-order chi connectivity index (χ0) is 12.3. The Morgan fingerprint density at radius 1 is 1.47 bits per heavy atom. The Labute approximate surface area is 107 Å². The topological polar surface area (TPSA) is 29.9 Å². The first kappa shape index (κ1) is 12.3. The lowest BCUT2D eigenvalue weighted by molar-refractivity contribution is 0.408. The summed E-state index contributed by atoms with van der Waals surface area (Å²) in [6.45, 7) is 5.33. The van der Waals surface area contributed by atoms with Crippen LogP contribution >= 0.6 is 11.3 Å². The van der Waals surface area contributed by atoms with Gasteiger partial charge in [-0.25, -0.2) is 4.98 Å². The summed E-state index contributed by atoms with van der Waals surface area (Å²) < 4.78 is 2.23. The largest absolute Gasteiger partial charge is 0.333 e. The van der Waals surface area contributed by atoms with E-state index in [0.29, 0.717) is 0 Å². The van der Waals surface area contributed by atoms with Crippen LogP contribution in [0.2, 0.25) is 0 Å². The number of nitrogens with zero attached hydrogens (tertiary/aromatic N) is 2. The molecule has 0 aliphatic rings. The van der Waals surface area contributed by atoms with E-state index in [9.17, 15) is 0 Å². The summed E-state index contributed by atoms with van der Waals surface area (Å²) in [6, 6.07) is 4.29. The lowest BCUT2D eigenvalue weighted by Crippen LogP contribution is -2.35.